The predicted molar refractivity (Wildman–Crippen MR) is 68.5 cm³/mol. The first-order chi connectivity index (χ1) is 7.63. The number of benzene rings is 1. The number of fused-ring (bicyclic) bond motifs is 1. The van der Waals surface area contributed by atoms with E-state index in [1.807, 2.05) is 25.1 Å². The molecule has 0 aliphatic rings. The van der Waals surface area contributed by atoms with Crippen molar-refractivity contribution in [2.45, 2.75) is 6.92 Å². The van der Waals surface area contributed by atoms with Gasteiger partial charge in [-0.15, -0.1) is 0 Å². The Kier molecular flexibility index (Phi) is 3.17. The van der Waals surface area contributed by atoms with Crippen molar-refractivity contribution in [2.75, 3.05) is 0 Å². The van der Waals surface area contributed by atoms with Crippen LogP contribution in [0.3, 0.4) is 0 Å². The molecule has 0 atom stereocenters. The molecule has 0 aliphatic heterocycles. The van der Waals surface area contributed by atoms with E-state index in [-0.39, 0.29) is 0 Å². The number of furan rings is 1. The Bertz CT molecular complexity index is 584. The van der Waals surface area contributed by atoms with Gasteiger partial charge in [0.1, 0.15) is 17.6 Å². The summed E-state index contributed by atoms with van der Waals surface area (Å²) in [6.07, 6.45) is 1.98. The lowest BCUT2D eigenvalue weighted by Gasteiger charge is -1.96. The van der Waals surface area contributed by atoms with Gasteiger partial charge < -0.3 is 4.42 Å². The summed E-state index contributed by atoms with van der Waals surface area (Å²) >= 11 is 9.43. The smallest absolute Gasteiger partial charge is 0.144 e. The maximum absolute atomic E-state index is 10.4. The highest BCUT2D eigenvalue weighted by molar-refractivity contribution is 9.10. The normalized spacial score (nSPS) is 12.1. The lowest BCUT2D eigenvalue weighted by atomic mass is 10.1. The fourth-order valence-corrected chi connectivity index (χ4v) is 2.28. The van der Waals surface area contributed by atoms with Crippen LogP contribution in [0, 0.1) is 6.92 Å². The molecule has 1 aromatic heterocycles. The van der Waals surface area contributed by atoms with Crippen LogP contribution in [0.4, 0.5) is 0 Å². The molecular weight excluding hydrogens is 291 g/mol. The summed E-state index contributed by atoms with van der Waals surface area (Å²) < 4.78 is 6.50. The van der Waals surface area contributed by atoms with Gasteiger partial charge in [-0.3, -0.25) is 4.79 Å². The molecule has 0 fully saturated rings. The summed E-state index contributed by atoms with van der Waals surface area (Å²) in [5, 5.41) is 1.29. The topological polar surface area (TPSA) is 30.2 Å². The van der Waals surface area contributed by atoms with Crippen molar-refractivity contribution < 1.29 is 9.21 Å². The van der Waals surface area contributed by atoms with E-state index in [1.54, 1.807) is 0 Å². The lowest BCUT2D eigenvalue weighted by molar-refractivity contribution is -0.104. The zero-order chi connectivity index (χ0) is 11.7. The molecule has 0 spiro atoms. The Morgan fingerprint density at radius 1 is 1.50 bits per heavy atom. The molecular formula is C12H8BrClO2. The maximum Gasteiger partial charge on any atom is 0.144 e. The van der Waals surface area contributed by atoms with Crippen LogP contribution in [-0.2, 0) is 4.79 Å². The van der Waals surface area contributed by atoms with E-state index in [2.05, 4.69) is 15.9 Å². The predicted octanol–water partition coefficient (Wildman–Crippen LogP) is 4.28. The molecule has 0 aliphatic carbocycles. The second-order valence-electron chi connectivity index (χ2n) is 3.32. The van der Waals surface area contributed by atoms with Crippen LogP contribution in [-0.4, -0.2) is 6.29 Å². The molecule has 0 radical (unpaired) electrons. The van der Waals surface area contributed by atoms with Gasteiger partial charge in [-0.2, -0.15) is 0 Å². The highest BCUT2D eigenvalue weighted by atomic mass is 79.9. The van der Waals surface area contributed by atoms with Crippen molar-refractivity contribution in [3.8, 4) is 0 Å². The van der Waals surface area contributed by atoms with Gasteiger partial charge in [0, 0.05) is 15.4 Å². The van der Waals surface area contributed by atoms with Crippen LogP contribution in [0.25, 0.3) is 16.0 Å². The van der Waals surface area contributed by atoms with E-state index in [4.69, 9.17) is 16.0 Å². The summed E-state index contributed by atoms with van der Waals surface area (Å²) in [4.78, 5) is 10.4. The van der Waals surface area contributed by atoms with Crippen LogP contribution < -0.4 is 0 Å². The molecule has 1 aromatic carbocycles. The van der Waals surface area contributed by atoms with Crippen molar-refractivity contribution >= 4 is 49.8 Å². The zero-order valence-electron chi connectivity index (χ0n) is 8.46. The molecule has 16 heavy (non-hydrogen) atoms. The highest BCUT2D eigenvalue weighted by Gasteiger charge is 2.13. The zero-order valence-corrected chi connectivity index (χ0v) is 10.8. The number of allylic oxidation sites excluding steroid dienone is 1. The van der Waals surface area contributed by atoms with Gasteiger partial charge in [0.25, 0.3) is 0 Å². The van der Waals surface area contributed by atoms with Gasteiger partial charge in [0.05, 0.1) is 5.03 Å². The van der Waals surface area contributed by atoms with Crippen LogP contribution in [0.15, 0.2) is 33.2 Å². The van der Waals surface area contributed by atoms with Crippen LogP contribution in [0.1, 0.15) is 11.3 Å². The third kappa shape index (κ3) is 1.93. The molecule has 0 N–H and O–H groups in total. The monoisotopic (exact) mass is 298 g/mol. The summed E-state index contributed by atoms with van der Waals surface area (Å²) in [5.41, 5.74) is 1.53. The molecule has 1 heterocycles. The van der Waals surface area contributed by atoms with Crippen molar-refractivity contribution in [2.24, 2.45) is 0 Å². The molecule has 4 heteroatoms. The number of aldehydes is 1. The van der Waals surface area contributed by atoms with Gasteiger partial charge in [-0.25, -0.2) is 0 Å². The Hall–Kier alpha value is -1.06. The number of rotatable bonds is 2. The minimum atomic E-state index is 0.393. The molecule has 0 bridgehead atoms. The van der Waals surface area contributed by atoms with Crippen molar-refractivity contribution in [3.05, 3.63) is 40.1 Å². The first-order valence-electron chi connectivity index (χ1n) is 4.63. The van der Waals surface area contributed by atoms with Gasteiger partial charge >= 0.3 is 0 Å². The molecule has 0 unspecified atom stereocenters. The Morgan fingerprint density at radius 2 is 2.25 bits per heavy atom. The fourth-order valence-electron chi connectivity index (χ4n) is 1.63. The third-order valence-corrected chi connectivity index (χ3v) is 3.09. The first kappa shape index (κ1) is 11.4. The SMILES string of the molecule is Cc1oc2ccc(Br)cc2c1/C(Cl)=C/C=O. The minimum Gasteiger partial charge on any atom is -0.461 e. The van der Waals surface area contributed by atoms with E-state index >= 15 is 0 Å². The lowest BCUT2D eigenvalue weighted by Crippen LogP contribution is -1.79. The second kappa shape index (κ2) is 4.44. The third-order valence-electron chi connectivity index (χ3n) is 2.28. The number of aryl methyl sites for hydroxylation is 1. The standard InChI is InChI=1S/C12H8BrClO2/c1-7-12(10(14)4-5-15)9-6-8(13)2-3-11(9)16-7/h2-6H,1H3/b10-4-. The summed E-state index contributed by atoms with van der Waals surface area (Å²) in [6, 6.07) is 5.68. The van der Waals surface area contributed by atoms with E-state index in [0.717, 1.165) is 21.0 Å². The summed E-state index contributed by atoms with van der Waals surface area (Å²) in [6.45, 7) is 1.82. The fraction of sp³-hybridized carbons (Fsp3) is 0.0833. The number of carbonyl (C=O) groups excluding carboxylic acids is 1. The van der Waals surface area contributed by atoms with Crippen LogP contribution in [0.5, 0.6) is 0 Å². The number of halogens is 2. The van der Waals surface area contributed by atoms with E-state index in [0.29, 0.717) is 17.1 Å². The number of hydrogen-bond donors (Lipinski definition) is 0. The second-order valence-corrected chi connectivity index (χ2v) is 4.65. The molecule has 0 amide bonds. The van der Waals surface area contributed by atoms with Crippen molar-refractivity contribution in [1.82, 2.24) is 0 Å². The van der Waals surface area contributed by atoms with Crippen LogP contribution >= 0.6 is 27.5 Å². The number of hydrogen-bond acceptors (Lipinski definition) is 2. The molecule has 82 valence electrons. The van der Waals surface area contributed by atoms with E-state index in [9.17, 15) is 4.79 Å². The Morgan fingerprint density at radius 3 is 2.94 bits per heavy atom. The van der Waals surface area contributed by atoms with Gasteiger partial charge in [0.15, 0.2) is 0 Å². The highest BCUT2D eigenvalue weighted by Crippen LogP contribution is 2.34. The maximum atomic E-state index is 10.4. The average molecular weight is 300 g/mol. The quantitative estimate of drug-likeness (QED) is 0.612. The Balaban J connectivity index is 2.77. The van der Waals surface area contributed by atoms with Gasteiger partial charge in [-0.1, -0.05) is 27.5 Å². The molecule has 2 aromatic rings. The summed E-state index contributed by atoms with van der Waals surface area (Å²) in [5.74, 6) is 0.705. The van der Waals surface area contributed by atoms with Gasteiger partial charge in [0.2, 0.25) is 0 Å². The summed E-state index contributed by atoms with van der Waals surface area (Å²) in [7, 11) is 0. The van der Waals surface area contributed by atoms with E-state index < -0.39 is 0 Å². The first-order valence-corrected chi connectivity index (χ1v) is 5.80. The van der Waals surface area contributed by atoms with E-state index in [1.165, 1.54) is 6.08 Å². The molecule has 2 nitrogen and oxygen atoms in total. The van der Waals surface area contributed by atoms with Crippen LogP contribution in [0.2, 0.25) is 0 Å². The molecule has 0 saturated carbocycles. The van der Waals surface area contributed by atoms with Crippen molar-refractivity contribution in [3.63, 3.8) is 0 Å². The number of carbonyl (C=O) groups is 1. The molecule has 2 rings (SSSR count). The minimum absolute atomic E-state index is 0.393. The van der Waals surface area contributed by atoms with Gasteiger partial charge in [-0.05, 0) is 31.2 Å². The average Bonchev–Trinajstić information content (AvgIpc) is 2.53. The van der Waals surface area contributed by atoms with Crippen molar-refractivity contribution in [1.29, 1.82) is 0 Å². The Labute approximate surface area is 106 Å². The molecule has 0 saturated heterocycles. The largest absolute Gasteiger partial charge is 0.461 e.